The van der Waals surface area contributed by atoms with Gasteiger partial charge in [0.2, 0.25) is 0 Å². The molecule has 4 rings (SSSR count). The summed E-state index contributed by atoms with van der Waals surface area (Å²) in [5.41, 5.74) is 1.50. The van der Waals surface area contributed by atoms with Crippen molar-refractivity contribution in [2.24, 2.45) is 0 Å². The highest BCUT2D eigenvalue weighted by Crippen LogP contribution is 2.33. The summed E-state index contributed by atoms with van der Waals surface area (Å²) in [6, 6.07) is 16.7. The minimum atomic E-state index is -0.507. The Hall–Kier alpha value is -3.51. The number of methoxy groups -OCH3 is 2. The Morgan fingerprint density at radius 2 is 1.66 bits per heavy atom. The first-order valence-electron chi connectivity index (χ1n) is 9.87. The van der Waals surface area contributed by atoms with Gasteiger partial charge in [-0.2, -0.15) is 0 Å². The van der Waals surface area contributed by atoms with E-state index in [-0.39, 0.29) is 5.75 Å². The number of benzene rings is 2. The van der Waals surface area contributed by atoms with Crippen molar-refractivity contribution in [2.75, 3.05) is 14.2 Å². The number of rotatable bonds is 6. The van der Waals surface area contributed by atoms with Gasteiger partial charge in [0.05, 0.1) is 31.9 Å². The van der Waals surface area contributed by atoms with Crippen molar-refractivity contribution in [3.63, 3.8) is 0 Å². The van der Waals surface area contributed by atoms with Crippen molar-refractivity contribution in [3.05, 3.63) is 87.8 Å². The maximum atomic E-state index is 14.8. The van der Waals surface area contributed by atoms with Crippen molar-refractivity contribution in [1.82, 2.24) is 0 Å². The molecular formula is C26H21F2O3S+. The van der Waals surface area contributed by atoms with E-state index in [0.29, 0.717) is 34.0 Å². The van der Waals surface area contributed by atoms with Crippen LogP contribution in [0, 0.1) is 18.6 Å². The number of hydrogen-bond acceptors (Lipinski definition) is 3. The van der Waals surface area contributed by atoms with E-state index in [1.54, 1.807) is 41.7 Å². The second-order valence-corrected chi connectivity index (χ2v) is 8.41. The summed E-state index contributed by atoms with van der Waals surface area (Å²) < 4.78 is 45.3. The molecule has 0 saturated carbocycles. The van der Waals surface area contributed by atoms with Gasteiger partial charge in [-0.25, -0.2) is 13.2 Å². The minimum absolute atomic E-state index is 0.138. The summed E-state index contributed by atoms with van der Waals surface area (Å²) >= 11 is 1.65. The molecule has 0 amide bonds. The molecule has 162 valence electrons. The standard InChI is InChI=1S/C26H21F2O3S/c1-16-4-8-21(32-16)9-6-20-12-18(22-10-7-19(29-2)15-23(22)27)14-26(31-20)17-5-11-25(30-3)24(28)13-17/h4-15H,1-3H3/q+1/b9-6+. The molecule has 0 bridgehead atoms. The molecule has 0 atom stereocenters. The molecule has 6 heteroatoms. The van der Waals surface area contributed by atoms with Gasteiger partial charge >= 0.3 is 11.5 Å². The molecule has 0 saturated heterocycles. The predicted octanol–water partition coefficient (Wildman–Crippen LogP) is 7.73. The molecule has 32 heavy (non-hydrogen) atoms. The largest absolute Gasteiger partial charge is 0.497 e. The summed E-state index contributed by atoms with van der Waals surface area (Å²) in [7, 11) is 2.89. The van der Waals surface area contributed by atoms with Gasteiger partial charge in [-0.3, -0.25) is 0 Å². The zero-order valence-corrected chi connectivity index (χ0v) is 18.6. The average molecular weight is 452 g/mol. The zero-order chi connectivity index (χ0) is 22.7. The Balaban J connectivity index is 1.83. The summed E-state index contributed by atoms with van der Waals surface area (Å²) in [5.74, 6) is 0.548. The Morgan fingerprint density at radius 1 is 0.812 bits per heavy atom. The summed E-state index contributed by atoms with van der Waals surface area (Å²) in [6.07, 6.45) is 3.75. The van der Waals surface area contributed by atoms with E-state index in [4.69, 9.17) is 13.9 Å². The molecular weight excluding hydrogens is 430 g/mol. The average Bonchev–Trinajstić information content (AvgIpc) is 3.22. The topological polar surface area (TPSA) is 29.8 Å². The quantitative estimate of drug-likeness (QED) is 0.281. The molecule has 0 N–H and O–H groups in total. The van der Waals surface area contributed by atoms with E-state index >= 15 is 0 Å². The number of halogens is 2. The van der Waals surface area contributed by atoms with Crippen LogP contribution in [0.1, 0.15) is 15.5 Å². The van der Waals surface area contributed by atoms with Crippen LogP contribution in [0.15, 0.2) is 65.1 Å². The smallest absolute Gasteiger partial charge is 0.361 e. The van der Waals surface area contributed by atoms with Crippen LogP contribution in [0.3, 0.4) is 0 Å². The fraction of sp³-hybridized carbons (Fsp3) is 0.115. The number of ether oxygens (including phenoxy) is 2. The second-order valence-electron chi connectivity index (χ2n) is 7.09. The van der Waals surface area contributed by atoms with Gasteiger partial charge in [0.1, 0.15) is 11.6 Å². The van der Waals surface area contributed by atoms with Crippen LogP contribution in [-0.4, -0.2) is 14.2 Å². The molecule has 0 aliphatic rings. The summed E-state index contributed by atoms with van der Waals surface area (Å²) in [5, 5.41) is 0. The van der Waals surface area contributed by atoms with E-state index in [1.807, 2.05) is 31.2 Å². The number of hydrogen-bond donors (Lipinski definition) is 0. The SMILES string of the molecule is COc1ccc(-c2cc(/C=C/c3ccc(C)s3)[o+]c(-c3ccc(OC)c(F)c3)c2)c(F)c1. The summed E-state index contributed by atoms with van der Waals surface area (Å²) in [6.45, 7) is 2.04. The molecule has 0 fully saturated rings. The van der Waals surface area contributed by atoms with Gasteiger partial charge in [0.25, 0.3) is 0 Å². The van der Waals surface area contributed by atoms with Crippen molar-refractivity contribution < 1.29 is 22.7 Å². The van der Waals surface area contributed by atoms with Gasteiger partial charge in [-0.05, 0) is 55.5 Å². The van der Waals surface area contributed by atoms with E-state index in [1.165, 1.54) is 37.3 Å². The molecule has 0 radical (unpaired) electrons. The van der Waals surface area contributed by atoms with Crippen LogP contribution in [0.5, 0.6) is 11.5 Å². The van der Waals surface area contributed by atoms with Crippen LogP contribution in [0.2, 0.25) is 0 Å². The van der Waals surface area contributed by atoms with Crippen molar-refractivity contribution >= 4 is 23.5 Å². The number of thiophene rings is 1. The van der Waals surface area contributed by atoms with Crippen LogP contribution < -0.4 is 9.47 Å². The molecule has 2 aromatic carbocycles. The van der Waals surface area contributed by atoms with Crippen molar-refractivity contribution in [2.45, 2.75) is 6.92 Å². The minimum Gasteiger partial charge on any atom is -0.497 e. The highest BCUT2D eigenvalue weighted by molar-refractivity contribution is 7.12. The lowest BCUT2D eigenvalue weighted by Gasteiger charge is -2.06. The van der Waals surface area contributed by atoms with Crippen molar-refractivity contribution in [1.29, 1.82) is 0 Å². The van der Waals surface area contributed by atoms with Crippen LogP contribution in [0.25, 0.3) is 34.6 Å². The molecule has 0 aliphatic heterocycles. The van der Waals surface area contributed by atoms with E-state index in [2.05, 4.69) is 0 Å². The van der Waals surface area contributed by atoms with Gasteiger partial charge < -0.3 is 9.47 Å². The van der Waals surface area contributed by atoms with E-state index in [0.717, 1.165) is 4.88 Å². The predicted molar refractivity (Wildman–Crippen MR) is 125 cm³/mol. The first-order chi connectivity index (χ1) is 15.5. The number of aryl methyl sites for hydroxylation is 1. The first kappa shape index (κ1) is 21.7. The van der Waals surface area contributed by atoms with Gasteiger partial charge in [-0.1, -0.05) is 0 Å². The molecule has 4 aromatic rings. The third kappa shape index (κ3) is 4.70. The van der Waals surface area contributed by atoms with Crippen LogP contribution in [-0.2, 0) is 0 Å². The van der Waals surface area contributed by atoms with Gasteiger partial charge in [0.15, 0.2) is 11.6 Å². The van der Waals surface area contributed by atoms with Gasteiger partial charge in [0, 0.05) is 33.0 Å². The molecule has 3 nitrogen and oxygen atoms in total. The molecule has 0 aliphatic carbocycles. The molecule has 2 heterocycles. The zero-order valence-electron chi connectivity index (χ0n) is 17.8. The maximum Gasteiger partial charge on any atom is 0.361 e. The molecule has 2 aromatic heterocycles. The maximum absolute atomic E-state index is 14.8. The van der Waals surface area contributed by atoms with Gasteiger partial charge in [-0.15, -0.1) is 11.3 Å². The van der Waals surface area contributed by atoms with Crippen molar-refractivity contribution in [3.8, 4) is 33.9 Å². The highest BCUT2D eigenvalue weighted by Gasteiger charge is 2.21. The fourth-order valence-corrected chi connectivity index (χ4v) is 4.07. The Kier molecular flexibility index (Phi) is 6.32. The fourth-order valence-electron chi connectivity index (χ4n) is 3.29. The third-order valence-electron chi connectivity index (χ3n) is 4.91. The normalized spacial score (nSPS) is 11.2. The highest BCUT2D eigenvalue weighted by atomic mass is 32.1. The lowest BCUT2D eigenvalue weighted by Crippen LogP contribution is -1.91. The Labute approximate surface area is 189 Å². The Bertz CT molecular complexity index is 1290. The Morgan fingerprint density at radius 3 is 2.31 bits per heavy atom. The monoisotopic (exact) mass is 451 g/mol. The van der Waals surface area contributed by atoms with Crippen LogP contribution >= 0.6 is 11.3 Å². The lowest BCUT2D eigenvalue weighted by atomic mass is 10.0. The second kappa shape index (κ2) is 9.32. The van der Waals surface area contributed by atoms with E-state index in [9.17, 15) is 8.78 Å². The van der Waals surface area contributed by atoms with Crippen LogP contribution in [0.4, 0.5) is 8.78 Å². The van der Waals surface area contributed by atoms with E-state index < -0.39 is 11.6 Å². The lowest BCUT2D eigenvalue weighted by molar-refractivity contribution is 0.386. The molecule has 0 unspecified atom stereocenters. The third-order valence-corrected chi connectivity index (χ3v) is 5.87. The summed E-state index contributed by atoms with van der Waals surface area (Å²) in [4.78, 5) is 2.26. The molecule has 0 spiro atoms. The first-order valence-corrected chi connectivity index (χ1v) is 10.7.